The number of nitrogens with one attached hydrogen (secondary N) is 1. The Morgan fingerprint density at radius 1 is 1.20 bits per heavy atom. The number of nitrogens with zero attached hydrogens (tertiary/aromatic N) is 2. The van der Waals surface area contributed by atoms with Crippen molar-refractivity contribution in [3.05, 3.63) is 42.7 Å². The van der Waals surface area contributed by atoms with E-state index in [0.717, 1.165) is 18.4 Å². The van der Waals surface area contributed by atoms with Crippen molar-refractivity contribution in [3.8, 4) is 11.4 Å². The lowest BCUT2D eigenvalue weighted by molar-refractivity contribution is -0.124. The maximum Gasteiger partial charge on any atom is 0.253 e. The first-order valence-electron chi connectivity index (χ1n) is 6.63. The summed E-state index contributed by atoms with van der Waals surface area (Å²) >= 11 is 0. The Hall–Kier alpha value is -2.27. The zero-order valence-corrected chi connectivity index (χ0v) is 11.0. The molecule has 1 aromatic carbocycles. The van der Waals surface area contributed by atoms with Crippen molar-refractivity contribution in [1.29, 1.82) is 0 Å². The number of ether oxygens (including phenoxy) is 1. The van der Waals surface area contributed by atoms with Crippen LogP contribution in [0.2, 0.25) is 0 Å². The van der Waals surface area contributed by atoms with Crippen LogP contribution in [0.1, 0.15) is 12.8 Å². The van der Waals surface area contributed by atoms with Gasteiger partial charge in [0.25, 0.3) is 5.91 Å². The van der Waals surface area contributed by atoms with Crippen LogP contribution in [-0.4, -0.2) is 28.6 Å². The average Bonchev–Trinajstić information content (AvgIpc) is 3.03. The predicted octanol–water partition coefficient (Wildman–Crippen LogP) is 2.26. The maximum absolute atomic E-state index is 11.9. The van der Waals surface area contributed by atoms with Gasteiger partial charge in [-0.15, -0.1) is 0 Å². The molecule has 1 aliphatic heterocycles. The minimum Gasteiger partial charge on any atom is -0.368 e. The normalized spacial score (nSPS) is 17.9. The van der Waals surface area contributed by atoms with E-state index in [4.69, 9.17) is 4.74 Å². The first kappa shape index (κ1) is 12.7. The van der Waals surface area contributed by atoms with E-state index in [1.165, 1.54) is 0 Å². The van der Waals surface area contributed by atoms with Crippen LogP contribution in [-0.2, 0) is 9.53 Å². The summed E-state index contributed by atoms with van der Waals surface area (Å²) in [6.45, 7) is 0.654. The molecule has 20 heavy (non-hydrogen) atoms. The van der Waals surface area contributed by atoms with Crippen LogP contribution in [0.3, 0.4) is 0 Å². The minimum atomic E-state index is -0.344. The Labute approximate surface area is 117 Å². The van der Waals surface area contributed by atoms with Gasteiger partial charge in [-0.05, 0) is 12.8 Å². The summed E-state index contributed by atoms with van der Waals surface area (Å²) in [4.78, 5) is 20.4. The molecule has 3 rings (SSSR count). The molecule has 2 aromatic rings. The van der Waals surface area contributed by atoms with Crippen LogP contribution in [0, 0.1) is 0 Å². The summed E-state index contributed by atoms with van der Waals surface area (Å²) in [5.74, 6) is 0.513. The molecule has 0 bridgehead atoms. The molecule has 1 atom stereocenters. The SMILES string of the molecule is O=C(Nc1cnc(-c2ccccc2)nc1)C1CCCO1. The molecule has 5 heteroatoms. The molecule has 0 spiro atoms. The molecule has 1 aliphatic rings. The average molecular weight is 269 g/mol. The standard InChI is InChI=1S/C15H15N3O2/c19-15(13-7-4-8-20-13)18-12-9-16-14(17-10-12)11-5-2-1-3-6-11/h1-3,5-6,9-10,13H,4,7-8H2,(H,18,19). The zero-order valence-electron chi connectivity index (χ0n) is 11.0. The quantitative estimate of drug-likeness (QED) is 0.928. The minimum absolute atomic E-state index is 0.126. The van der Waals surface area contributed by atoms with Gasteiger partial charge >= 0.3 is 0 Å². The van der Waals surface area contributed by atoms with E-state index < -0.39 is 0 Å². The van der Waals surface area contributed by atoms with Crippen LogP contribution < -0.4 is 5.32 Å². The first-order valence-corrected chi connectivity index (χ1v) is 6.63. The molecular formula is C15H15N3O2. The lowest BCUT2D eigenvalue weighted by Gasteiger charge is -2.10. The van der Waals surface area contributed by atoms with Gasteiger partial charge in [-0.25, -0.2) is 9.97 Å². The molecule has 102 valence electrons. The highest BCUT2D eigenvalue weighted by molar-refractivity contribution is 5.94. The lowest BCUT2D eigenvalue weighted by Crippen LogP contribution is -2.26. The maximum atomic E-state index is 11.9. The Morgan fingerprint density at radius 3 is 2.60 bits per heavy atom. The third-order valence-electron chi connectivity index (χ3n) is 3.17. The number of carbonyl (C=O) groups excluding carboxylic acids is 1. The topological polar surface area (TPSA) is 64.1 Å². The van der Waals surface area contributed by atoms with E-state index in [9.17, 15) is 4.79 Å². The van der Waals surface area contributed by atoms with Gasteiger partial charge in [-0.2, -0.15) is 0 Å². The fourth-order valence-electron chi connectivity index (χ4n) is 2.14. The summed E-state index contributed by atoms with van der Waals surface area (Å²) in [6, 6.07) is 9.71. The molecule has 1 amide bonds. The predicted molar refractivity (Wildman–Crippen MR) is 75.1 cm³/mol. The van der Waals surface area contributed by atoms with E-state index in [1.54, 1.807) is 12.4 Å². The van der Waals surface area contributed by atoms with Crippen molar-refractivity contribution in [1.82, 2.24) is 9.97 Å². The molecule has 1 aromatic heterocycles. The summed E-state index contributed by atoms with van der Waals surface area (Å²) in [5.41, 5.74) is 1.54. The smallest absolute Gasteiger partial charge is 0.253 e. The van der Waals surface area contributed by atoms with E-state index in [2.05, 4.69) is 15.3 Å². The highest BCUT2D eigenvalue weighted by atomic mass is 16.5. The molecular weight excluding hydrogens is 254 g/mol. The van der Waals surface area contributed by atoms with Crippen molar-refractivity contribution in [3.63, 3.8) is 0 Å². The summed E-state index contributed by atoms with van der Waals surface area (Å²) in [7, 11) is 0. The third kappa shape index (κ3) is 2.83. The number of hydrogen-bond acceptors (Lipinski definition) is 4. The number of carbonyl (C=O) groups is 1. The molecule has 1 fully saturated rings. The van der Waals surface area contributed by atoms with Crippen molar-refractivity contribution < 1.29 is 9.53 Å². The number of rotatable bonds is 3. The van der Waals surface area contributed by atoms with Crippen molar-refractivity contribution in [2.45, 2.75) is 18.9 Å². The highest BCUT2D eigenvalue weighted by Crippen LogP contribution is 2.17. The summed E-state index contributed by atoms with van der Waals surface area (Å²) in [5, 5.41) is 2.77. The van der Waals surface area contributed by atoms with Gasteiger partial charge in [0.2, 0.25) is 0 Å². The Kier molecular flexibility index (Phi) is 3.69. The molecule has 1 N–H and O–H groups in total. The van der Waals surface area contributed by atoms with Crippen molar-refractivity contribution >= 4 is 11.6 Å². The second-order valence-corrected chi connectivity index (χ2v) is 4.65. The molecule has 1 unspecified atom stereocenters. The molecule has 0 aliphatic carbocycles. The van der Waals surface area contributed by atoms with E-state index >= 15 is 0 Å². The molecule has 0 radical (unpaired) electrons. The zero-order chi connectivity index (χ0) is 13.8. The fourth-order valence-corrected chi connectivity index (χ4v) is 2.14. The number of amides is 1. The Balaban J connectivity index is 1.68. The van der Waals surface area contributed by atoms with Crippen LogP contribution in [0.5, 0.6) is 0 Å². The van der Waals surface area contributed by atoms with Crippen LogP contribution in [0.4, 0.5) is 5.69 Å². The summed E-state index contributed by atoms with van der Waals surface area (Å²) in [6.07, 6.45) is 4.59. The second-order valence-electron chi connectivity index (χ2n) is 4.65. The van der Waals surface area contributed by atoms with E-state index in [0.29, 0.717) is 18.1 Å². The number of hydrogen-bond donors (Lipinski definition) is 1. The Morgan fingerprint density at radius 2 is 1.95 bits per heavy atom. The van der Waals surface area contributed by atoms with Gasteiger partial charge < -0.3 is 10.1 Å². The van der Waals surface area contributed by atoms with E-state index in [1.807, 2.05) is 30.3 Å². The largest absolute Gasteiger partial charge is 0.368 e. The van der Waals surface area contributed by atoms with Gasteiger partial charge in [0.1, 0.15) is 6.10 Å². The van der Waals surface area contributed by atoms with Gasteiger partial charge in [0, 0.05) is 12.2 Å². The molecule has 1 saturated heterocycles. The number of aromatic nitrogens is 2. The highest BCUT2D eigenvalue weighted by Gasteiger charge is 2.23. The number of anilines is 1. The van der Waals surface area contributed by atoms with Gasteiger partial charge in [-0.3, -0.25) is 4.79 Å². The second kappa shape index (κ2) is 5.79. The van der Waals surface area contributed by atoms with Crippen molar-refractivity contribution in [2.24, 2.45) is 0 Å². The van der Waals surface area contributed by atoms with Crippen LogP contribution >= 0.6 is 0 Å². The fraction of sp³-hybridized carbons (Fsp3) is 0.267. The van der Waals surface area contributed by atoms with E-state index in [-0.39, 0.29) is 12.0 Å². The van der Waals surface area contributed by atoms with Gasteiger partial charge in [-0.1, -0.05) is 30.3 Å². The Bertz CT molecular complexity index is 578. The monoisotopic (exact) mass is 269 g/mol. The van der Waals surface area contributed by atoms with Gasteiger partial charge in [0.05, 0.1) is 18.1 Å². The lowest BCUT2D eigenvalue weighted by atomic mass is 10.2. The molecule has 5 nitrogen and oxygen atoms in total. The van der Waals surface area contributed by atoms with Gasteiger partial charge in [0.15, 0.2) is 5.82 Å². The molecule has 2 heterocycles. The first-order chi connectivity index (χ1) is 9.83. The molecule has 0 saturated carbocycles. The summed E-state index contributed by atoms with van der Waals surface area (Å²) < 4.78 is 5.33. The third-order valence-corrected chi connectivity index (χ3v) is 3.17. The van der Waals surface area contributed by atoms with Crippen LogP contribution in [0.15, 0.2) is 42.7 Å². The number of benzene rings is 1. The van der Waals surface area contributed by atoms with Crippen molar-refractivity contribution in [2.75, 3.05) is 11.9 Å². The van der Waals surface area contributed by atoms with Crippen LogP contribution in [0.25, 0.3) is 11.4 Å².